The molecule has 0 aromatic heterocycles. The highest BCUT2D eigenvalue weighted by atomic mass is 35.5. The van der Waals surface area contributed by atoms with Crippen molar-refractivity contribution in [2.24, 2.45) is 0 Å². The van der Waals surface area contributed by atoms with Crippen molar-refractivity contribution >= 4 is 63.9 Å². The standard InChI is InChI=1S/C20H20Cl2N4O3S/c1-2-3-4-17(27)23-14-8-5-12(6-9-14)18(28)25-26-20(30)24-19(29)15-10-7-13(21)11-16(15)22/h5-11H,2-4H2,1H3,(H,23,27)(H,25,28)(H2,24,26,29,30). The van der Waals surface area contributed by atoms with Gasteiger partial charge in [0.1, 0.15) is 0 Å². The average molecular weight is 467 g/mol. The van der Waals surface area contributed by atoms with E-state index in [0.29, 0.717) is 22.7 Å². The smallest absolute Gasteiger partial charge is 0.269 e. The lowest BCUT2D eigenvalue weighted by atomic mass is 10.2. The van der Waals surface area contributed by atoms with Gasteiger partial charge in [-0.3, -0.25) is 30.6 Å². The number of anilines is 1. The molecule has 0 saturated carbocycles. The fourth-order valence-corrected chi connectivity index (χ4v) is 2.96. The summed E-state index contributed by atoms with van der Waals surface area (Å²) in [4.78, 5) is 36.1. The molecule has 0 aliphatic carbocycles. The number of unbranched alkanes of at least 4 members (excludes halogenated alkanes) is 1. The lowest BCUT2D eigenvalue weighted by molar-refractivity contribution is -0.116. The van der Waals surface area contributed by atoms with E-state index in [1.165, 1.54) is 18.2 Å². The SMILES string of the molecule is CCCCC(=O)Nc1ccc(C(=O)NNC(=S)NC(=O)c2ccc(Cl)cc2Cl)cc1. The number of halogens is 2. The van der Waals surface area contributed by atoms with E-state index < -0.39 is 11.8 Å². The van der Waals surface area contributed by atoms with Gasteiger partial charge in [-0.2, -0.15) is 0 Å². The first-order valence-electron chi connectivity index (χ1n) is 9.06. The zero-order valence-corrected chi connectivity index (χ0v) is 18.4. The van der Waals surface area contributed by atoms with E-state index in [9.17, 15) is 14.4 Å². The molecule has 4 N–H and O–H groups in total. The molecule has 3 amide bonds. The summed E-state index contributed by atoms with van der Waals surface area (Å²) in [6, 6.07) is 10.8. The number of hydrazine groups is 1. The third-order valence-corrected chi connectivity index (χ3v) is 4.63. The molecule has 0 atom stereocenters. The number of hydrogen-bond acceptors (Lipinski definition) is 4. The molecule has 0 radical (unpaired) electrons. The molecular weight excluding hydrogens is 447 g/mol. The predicted octanol–water partition coefficient (Wildman–Crippen LogP) is 4.07. The summed E-state index contributed by atoms with van der Waals surface area (Å²) in [6.45, 7) is 2.01. The maximum atomic E-state index is 12.2. The molecule has 0 bridgehead atoms. The molecule has 0 aliphatic heterocycles. The van der Waals surface area contributed by atoms with Crippen molar-refractivity contribution in [3.63, 3.8) is 0 Å². The first-order valence-corrected chi connectivity index (χ1v) is 10.2. The summed E-state index contributed by atoms with van der Waals surface area (Å²) in [5.74, 6) is -1.09. The highest BCUT2D eigenvalue weighted by Gasteiger charge is 2.13. The molecule has 0 aliphatic rings. The molecule has 0 spiro atoms. The second-order valence-corrected chi connectivity index (χ2v) is 7.47. The number of benzene rings is 2. The van der Waals surface area contributed by atoms with Crippen molar-refractivity contribution in [2.45, 2.75) is 26.2 Å². The van der Waals surface area contributed by atoms with Crippen LogP contribution < -0.4 is 21.5 Å². The Kier molecular flexibility index (Phi) is 9.04. The molecule has 0 saturated heterocycles. The third kappa shape index (κ3) is 7.29. The van der Waals surface area contributed by atoms with Crippen LogP contribution in [0, 0.1) is 0 Å². The monoisotopic (exact) mass is 466 g/mol. The van der Waals surface area contributed by atoms with Crippen LogP contribution in [0.3, 0.4) is 0 Å². The Morgan fingerprint density at radius 2 is 1.67 bits per heavy atom. The molecule has 30 heavy (non-hydrogen) atoms. The minimum atomic E-state index is -0.549. The number of thiocarbonyl (C=S) groups is 1. The number of carbonyl (C=O) groups excluding carboxylic acids is 3. The maximum Gasteiger partial charge on any atom is 0.269 e. The Bertz CT molecular complexity index is 952. The Morgan fingerprint density at radius 1 is 0.967 bits per heavy atom. The molecule has 0 unspecified atom stereocenters. The van der Waals surface area contributed by atoms with Crippen LogP contribution in [0.2, 0.25) is 10.0 Å². The molecule has 2 aromatic carbocycles. The van der Waals surface area contributed by atoms with Crippen LogP contribution in [-0.4, -0.2) is 22.8 Å². The van der Waals surface area contributed by atoms with Crippen molar-refractivity contribution in [3.8, 4) is 0 Å². The molecule has 0 fully saturated rings. The Hall–Kier alpha value is -2.68. The number of carbonyl (C=O) groups is 3. The Morgan fingerprint density at radius 3 is 2.30 bits per heavy atom. The van der Waals surface area contributed by atoms with E-state index in [1.807, 2.05) is 6.92 Å². The summed E-state index contributed by atoms with van der Waals surface area (Å²) in [7, 11) is 0. The van der Waals surface area contributed by atoms with Gasteiger partial charge >= 0.3 is 0 Å². The van der Waals surface area contributed by atoms with Gasteiger partial charge in [0.15, 0.2) is 5.11 Å². The molecule has 10 heteroatoms. The Balaban J connectivity index is 1.83. The normalized spacial score (nSPS) is 10.1. The van der Waals surface area contributed by atoms with Crippen molar-refractivity contribution in [3.05, 3.63) is 63.6 Å². The fraction of sp³-hybridized carbons (Fsp3) is 0.200. The summed E-state index contributed by atoms with van der Waals surface area (Å²) in [5, 5.41) is 5.63. The second-order valence-electron chi connectivity index (χ2n) is 6.22. The maximum absolute atomic E-state index is 12.2. The highest BCUT2D eigenvalue weighted by molar-refractivity contribution is 7.80. The molecule has 2 rings (SSSR count). The number of rotatable bonds is 6. The van der Waals surface area contributed by atoms with E-state index in [-0.39, 0.29) is 21.6 Å². The van der Waals surface area contributed by atoms with Gasteiger partial charge < -0.3 is 5.32 Å². The number of nitrogens with one attached hydrogen (secondary N) is 4. The summed E-state index contributed by atoms with van der Waals surface area (Å²) >= 11 is 16.8. The summed E-state index contributed by atoms with van der Waals surface area (Å²) in [6.07, 6.45) is 2.21. The quantitative estimate of drug-likeness (QED) is 0.379. The van der Waals surface area contributed by atoms with Gasteiger partial charge in [0, 0.05) is 22.7 Å². The fourth-order valence-electron chi connectivity index (χ4n) is 2.33. The summed E-state index contributed by atoms with van der Waals surface area (Å²) < 4.78 is 0. The summed E-state index contributed by atoms with van der Waals surface area (Å²) in [5.41, 5.74) is 5.95. The van der Waals surface area contributed by atoms with Crippen molar-refractivity contribution < 1.29 is 14.4 Å². The second kappa shape index (κ2) is 11.5. The van der Waals surface area contributed by atoms with E-state index in [4.69, 9.17) is 35.4 Å². The first kappa shape index (κ1) is 23.6. The van der Waals surface area contributed by atoms with Crippen molar-refractivity contribution in [1.29, 1.82) is 0 Å². The van der Waals surface area contributed by atoms with E-state index in [0.717, 1.165) is 12.8 Å². The van der Waals surface area contributed by atoms with Gasteiger partial charge in [-0.05, 0) is 61.1 Å². The predicted molar refractivity (Wildman–Crippen MR) is 122 cm³/mol. The largest absolute Gasteiger partial charge is 0.326 e. The van der Waals surface area contributed by atoms with Crippen LogP contribution in [0.1, 0.15) is 46.9 Å². The van der Waals surface area contributed by atoms with E-state index in [1.54, 1.807) is 24.3 Å². The van der Waals surface area contributed by atoms with Crippen LogP contribution in [0.5, 0.6) is 0 Å². The number of amides is 3. The number of hydrogen-bond donors (Lipinski definition) is 4. The van der Waals surface area contributed by atoms with Gasteiger partial charge in [0.25, 0.3) is 11.8 Å². The molecule has 2 aromatic rings. The lowest BCUT2D eigenvalue weighted by Crippen LogP contribution is -2.48. The molecule has 0 heterocycles. The highest BCUT2D eigenvalue weighted by Crippen LogP contribution is 2.20. The van der Waals surface area contributed by atoms with Crippen molar-refractivity contribution in [1.82, 2.24) is 16.2 Å². The lowest BCUT2D eigenvalue weighted by Gasteiger charge is -2.12. The van der Waals surface area contributed by atoms with Crippen LogP contribution in [-0.2, 0) is 4.79 Å². The topological polar surface area (TPSA) is 99.3 Å². The van der Waals surface area contributed by atoms with Gasteiger partial charge in [0.2, 0.25) is 5.91 Å². The van der Waals surface area contributed by atoms with Gasteiger partial charge in [0.05, 0.1) is 10.6 Å². The van der Waals surface area contributed by atoms with Gasteiger partial charge in [-0.25, -0.2) is 0 Å². The molecule has 158 valence electrons. The zero-order chi connectivity index (χ0) is 22.1. The molecular formula is C20H20Cl2N4O3S. The third-order valence-electron chi connectivity index (χ3n) is 3.88. The van der Waals surface area contributed by atoms with Crippen molar-refractivity contribution in [2.75, 3.05) is 5.32 Å². The van der Waals surface area contributed by atoms with Crippen LogP contribution in [0.15, 0.2) is 42.5 Å². The van der Waals surface area contributed by atoms with Crippen LogP contribution >= 0.6 is 35.4 Å². The average Bonchev–Trinajstić information content (AvgIpc) is 2.70. The zero-order valence-electron chi connectivity index (χ0n) is 16.1. The van der Waals surface area contributed by atoms with E-state index >= 15 is 0 Å². The van der Waals surface area contributed by atoms with Crippen LogP contribution in [0.4, 0.5) is 5.69 Å². The molecule has 7 nitrogen and oxygen atoms in total. The van der Waals surface area contributed by atoms with Crippen LogP contribution in [0.25, 0.3) is 0 Å². The van der Waals surface area contributed by atoms with E-state index in [2.05, 4.69) is 21.5 Å². The van der Waals surface area contributed by atoms with Gasteiger partial charge in [-0.1, -0.05) is 36.5 Å². The first-order chi connectivity index (χ1) is 14.3. The minimum Gasteiger partial charge on any atom is -0.326 e. The minimum absolute atomic E-state index is 0.0717. The Labute approximate surface area is 189 Å². The van der Waals surface area contributed by atoms with Gasteiger partial charge in [-0.15, -0.1) is 0 Å².